The summed E-state index contributed by atoms with van der Waals surface area (Å²) in [5, 5.41) is 0. The van der Waals surface area contributed by atoms with Gasteiger partial charge in [0.15, 0.2) is 0 Å². The molecule has 0 unspecified atom stereocenters. The highest BCUT2D eigenvalue weighted by molar-refractivity contribution is 5.42. The molecule has 0 heterocycles. The Bertz CT molecular complexity index is 382. The van der Waals surface area contributed by atoms with E-state index in [1.54, 1.807) is 0 Å². The van der Waals surface area contributed by atoms with Gasteiger partial charge in [0.05, 0.1) is 7.11 Å². The molecule has 1 rings (SSSR count). The van der Waals surface area contributed by atoms with Gasteiger partial charge in [-0.25, -0.2) is 0 Å². The predicted molar refractivity (Wildman–Crippen MR) is 55.7 cm³/mol. The second-order valence-corrected chi connectivity index (χ2v) is 3.29. The van der Waals surface area contributed by atoms with E-state index in [-0.39, 0.29) is 18.0 Å². The summed E-state index contributed by atoms with van der Waals surface area (Å²) in [4.78, 5) is 0. The summed E-state index contributed by atoms with van der Waals surface area (Å²) in [6.45, 7) is 0.163. The van der Waals surface area contributed by atoms with Crippen LogP contribution in [0, 0.1) is 0 Å². The van der Waals surface area contributed by atoms with Gasteiger partial charge in [0.25, 0.3) is 0 Å². The van der Waals surface area contributed by atoms with Gasteiger partial charge in [0.2, 0.25) is 0 Å². The second kappa shape index (κ2) is 5.24. The Hall–Kier alpha value is -1.47. The molecule has 0 aliphatic heterocycles. The number of hydrogen-bond donors (Lipinski definition) is 2. The van der Waals surface area contributed by atoms with Gasteiger partial charge in [0, 0.05) is 24.2 Å². The third kappa shape index (κ3) is 3.79. The fourth-order valence-corrected chi connectivity index (χ4v) is 1.32. The van der Waals surface area contributed by atoms with Gasteiger partial charge in [-0.15, -0.1) is 13.2 Å². The molecule has 1 aromatic rings. The first-order chi connectivity index (χ1) is 7.87. The maximum Gasteiger partial charge on any atom is 0.573 e. The standard InChI is InChI=1S/C10H13F3N2O2/c1-16-9-4-6(17-10(11,12)13)2-3-7(9)8(15)5-14/h2-4,8H,5,14-15H2,1H3/t8-/m1/s1. The van der Waals surface area contributed by atoms with Crippen molar-refractivity contribution < 1.29 is 22.6 Å². The number of ether oxygens (including phenoxy) is 2. The summed E-state index contributed by atoms with van der Waals surface area (Å²) in [5.74, 6) is -0.146. The third-order valence-electron chi connectivity index (χ3n) is 2.09. The second-order valence-electron chi connectivity index (χ2n) is 3.29. The van der Waals surface area contributed by atoms with Crippen molar-refractivity contribution in [2.75, 3.05) is 13.7 Å². The van der Waals surface area contributed by atoms with Crippen molar-refractivity contribution in [3.63, 3.8) is 0 Å². The first kappa shape index (κ1) is 13.6. The molecule has 0 amide bonds. The summed E-state index contributed by atoms with van der Waals surface area (Å²) in [6, 6.07) is 3.20. The van der Waals surface area contributed by atoms with Crippen molar-refractivity contribution in [2.24, 2.45) is 11.5 Å². The molecule has 17 heavy (non-hydrogen) atoms. The lowest BCUT2D eigenvalue weighted by Gasteiger charge is -2.16. The molecule has 0 fully saturated rings. The van der Waals surface area contributed by atoms with Gasteiger partial charge in [-0.2, -0.15) is 0 Å². The molecule has 0 aromatic heterocycles. The Morgan fingerprint density at radius 2 is 2.00 bits per heavy atom. The van der Waals surface area contributed by atoms with Gasteiger partial charge in [-0.3, -0.25) is 0 Å². The Kier molecular flexibility index (Phi) is 4.19. The van der Waals surface area contributed by atoms with Crippen LogP contribution in [0.5, 0.6) is 11.5 Å². The van der Waals surface area contributed by atoms with E-state index >= 15 is 0 Å². The zero-order chi connectivity index (χ0) is 13.1. The van der Waals surface area contributed by atoms with Crippen LogP contribution in [0.1, 0.15) is 11.6 Å². The summed E-state index contributed by atoms with van der Waals surface area (Å²) >= 11 is 0. The minimum atomic E-state index is -4.73. The van der Waals surface area contributed by atoms with Crippen LogP contribution < -0.4 is 20.9 Å². The summed E-state index contributed by atoms with van der Waals surface area (Å²) in [6.07, 6.45) is -4.73. The molecule has 0 radical (unpaired) electrons. The fraction of sp³-hybridized carbons (Fsp3) is 0.400. The molecule has 0 spiro atoms. The van der Waals surface area contributed by atoms with Crippen molar-refractivity contribution in [1.82, 2.24) is 0 Å². The van der Waals surface area contributed by atoms with Crippen molar-refractivity contribution in [3.05, 3.63) is 23.8 Å². The molecular weight excluding hydrogens is 237 g/mol. The number of rotatable bonds is 4. The topological polar surface area (TPSA) is 70.5 Å². The number of alkyl halides is 3. The number of benzene rings is 1. The molecule has 0 bridgehead atoms. The van der Waals surface area contributed by atoms with E-state index < -0.39 is 12.4 Å². The SMILES string of the molecule is COc1cc(OC(F)(F)F)ccc1[C@H](N)CN. The minimum Gasteiger partial charge on any atom is -0.496 e. The van der Waals surface area contributed by atoms with Crippen LogP contribution in [0.25, 0.3) is 0 Å². The van der Waals surface area contributed by atoms with Gasteiger partial charge in [-0.05, 0) is 6.07 Å². The number of methoxy groups -OCH3 is 1. The van der Waals surface area contributed by atoms with E-state index in [4.69, 9.17) is 16.2 Å². The van der Waals surface area contributed by atoms with Gasteiger partial charge in [-0.1, -0.05) is 6.07 Å². The molecule has 4 N–H and O–H groups in total. The van der Waals surface area contributed by atoms with Crippen LogP contribution in [0.2, 0.25) is 0 Å². The van der Waals surface area contributed by atoms with Crippen molar-refractivity contribution in [2.45, 2.75) is 12.4 Å². The summed E-state index contributed by atoms with van der Waals surface area (Å²) in [7, 11) is 1.33. The van der Waals surface area contributed by atoms with E-state index in [1.165, 1.54) is 19.2 Å². The highest BCUT2D eigenvalue weighted by Gasteiger charge is 2.31. The van der Waals surface area contributed by atoms with Gasteiger partial charge in [0.1, 0.15) is 11.5 Å². The van der Waals surface area contributed by atoms with E-state index in [0.29, 0.717) is 5.56 Å². The highest BCUT2D eigenvalue weighted by atomic mass is 19.4. The fourth-order valence-electron chi connectivity index (χ4n) is 1.32. The Balaban J connectivity index is 3.00. The lowest BCUT2D eigenvalue weighted by Crippen LogP contribution is -2.21. The molecule has 4 nitrogen and oxygen atoms in total. The van der Waals surface area contributed by atoms with Gasteiger partial charge >= 0.3 is 6.36 Å². The average Bonchev–Trinajstić information content (AvgIpc) is 2.25. The molecule has 0 saturated heterocycles. The van der Waals surface area contributed by atoms with E-state index in [1.807, 2.05) is 0 Å². The van der Waals surface area contributed by atoms with Crippen LogP contribution in [0.4, 0.5) is 13.2 Å². The van der Waals surface area contributed by atoms with Crippen molar-refractivity contribution in [1.29, 1.82) is 0 Å². The van der Waals surface area contributed by atoms with Crippen molar-refractivity contribution in [3.8, 4) is 11.5 Å². The molecule has 96 valence electrons. The maximum absolute atomic E-state index is 12.0. The smallest absolute Gasteiger partial charge is 0.496 e. The Labute approximate surface area is 96.3 Å². The largest absolute Gasteiger partial charge is 0.573 e. The van der Waals surface area contributed by atoms with E-state index in [0.717, 1.165) is 6.07 Å². The maximum atomic E-state index is 12.0. The number of halogens is 3. The Morgan fingerprint density at radius 1 is 1.35 bits per heavy atom. The average molecular weight is 250 g/mol. The molecule has 1 atom stereocenters. The lowest BCUT2D eigenvalue weighted by molar-refractivity contribution is -0.274. The zero-order valence-electron chi connectivity index (χ0n) is 9.12. The highest BCUT2D eigenvalue weighted by Crippen LogP contribution is 2.31. The molecule has 7 heteroatoms. The Morgan fingerprint density at radius 3 is 2.47 bits per heavy atom. The quantitative estimate of drug-likeness (QED) is 0.850. The predicted octanol–water partition coefficient (Wildman–Crippen LogP) is 1.55. The molecular formula is C10H13F3N2O2. The normalized spacial score (nSPS) is 13.3. The molecule has 0 aliphatic carbocycles. The molecule has 0 aliphatic rings. The number of hydrogen-bond acceptors (Lipinski definition) is 4. The molecule has 1 aromatic carbocycles. The van der Waals surface area contributed by atoms with Crippen LogP contribution in [-0.4, -0.2) is 20.0 Å². The minimum absolute atomic E-state index is 0.163. The summed E-state index contributed by atoms with van der Waals surface area (Å²) < 4.78 is 44.7. The molecule has 0 saturated carbocycles. The lowest BCUT2D eigenvalue weighted by atomic mass is 10.1. The van der Waals surface area contributed by atoms with Crippen LogP contribution in [0.15, 0.2) is 18.2 Å². The van der Waals surface area contributed by atoms with Crippen LogP contribution >= 0.6 is 0 Å². The van der Waals surface area contributed by atoms with Gasteiger partial charge < -0.3 is 20.9 Å². The third-order valence-corrected chi connectivity index (χ3v) is 2.09. The first-order valence-corrected chi connectivity index (χ1v) is 4.76. The first-order valence-electron chi connectivity index (χ1n) is 4.76. The van der Waals surface area contributed by atoms with Crippen molar-refractivity contribution >= 4 is 0 Å². The monoisotopic (exact) mass is 250 g/mol. The van der Waals surface area contributed by atoms with Crippen LogP contribution in [0.3, 0.4) is 0 Å². The van der Waals surface area contributed by atoms with E-state index in [9.17, 15) is 13.2 Å². The van der Waals surface area contributed by atoms with Crippen LogP contribution in [-0.2, 0) is 0 Å². The van der Waals surface area contributed by atoms with E-state index in [2.05, 4.69) is 4.74 Å². The number of nitrogens with two attached hydrogens (primary N) is 2. The zero-order valence-corrected chi connectivity index (χ0v) is 9.12. The summed E-state index contributed by atoms with van der Waals surface area (Å²) in [5.41, 5.74) is 11.6.